The van der Waals surface area contributed by atoms with Gasteiger partial charge in [0.05, 0.1) is 0 Å². The number of aromatic nitrogens is 4. The zero-order valence-corrected chi connectivity index (χ0v) is 15.1. The monoisotopic (exact) mass is 347 g/mol. The number of aliphatic hydroxyl groups excluding tert-OH is 1. The average Bonchev–Trinajstić information content (AvgIpc) is 3.18. The van der Waals surface area contributed by atoms with E-state index in [1.807, 2.05) is 0 Å². The van der Waals surface area contributed by atoms with Gasteiger partial charge in [0.25, 0.3) is 5.91 Å². The zero-order valence-electron chi connectivity index (χ0n) is 15.1. The van der Waals surface area contributed by atoms with Gasteiger partial charge >= 0.3 is 0 Å². The molecule has 7 heteroatoms. The van der Waals surface area contributed by atoms with Crippen LogP contribution in [0.15, 0.2) is 24.8 Å². The molecule has 2 aromatic rings. The predicted octanol–water partition coefficient (Wildman–Crippen LogP) is 2.70. The zero-order chi connectivity index (χ0) is 18.2. The van der Waals surface area contributed by atoms with E-state index in [9.17, 15) is 4.79 Å². The van der Waals surface area contributed by atoms with Gasteiger partial charge in [-0.05, 0) is 24.8 Å². The summed E-state index contributed by atoms with van der Waals surface area (Å²) in [6, 6.07) is 2.06. The van der Waals surface area contributed by atoms with Crippen molar-refractivity contribution in [1.29, 1.82) is 0 Å². The summed E-state index contributed by atoms with van der Waals surface area (Å²) in [6.45, 7) is 4.12. The molecule has 3 rings (SSSR count). The summed E-state index contributed by atoms with van der Waals surface area (Å²) in [6.07, 6.45) is 10.9. The lowest BCUT2D eigenvalue weighted by atomic mass is 9.95. The van der Waals surface area contributed by atoms with Crippen LogP contribution in [-0.4, -0.2) is 43.7 Å². The Labute approximate surface area is 150 Å². The minimum absolute atomic E-state index is 0. The van der Waals surface area contributed by atoms with Crippen LogP contribution < -0.4 is 5.32 Å². The van der Waals surface area contributed by atoms with E-state index in [-0.39, 0.29) is 19.3 Å². The van der Waals surface area contributed by atoms with Crippen LogP contribution in [0.2, 0.25) is 0 Å². The molecule has 0 radical (unpaired) electrons. The molecule has 1 saturated carbocycles. The summed E-state index contributed by atoms with van der Waals surface area (Å²) in [5.41, 5.74) is 1.29. The van der Waals surface area contributed by atoms with Crippen molar-refractivity contribution in [3.05, 3.63) is 36.2 Å². The van der Waals surface area contributed by atoms with Crippen molar-refractivity contribution in [2.45, 2.75) is 57.9 Å². The average molecular weight is 347 g/mol. The fourth-order valence-electron chi connectivity index (χ4n) is 2.86. The van der Waals surface area contributed by atoms with Crippen molar-refractivity contribution < 1.29 is 11.3 Å². The number of nitrogens with one attached hydrogen (secondary N) is 1. The van der Waals surface area contributed by atoms with Gasteiger partial charge in [-0.2, -0.15) is 0 Å². The van der Waals surface area contributed by atoms with Gasteiger partial charge in [0.15, 0.2) is 0 Å². The van der Waals surface area contributed by atoms with E-state index in [4.69, 9.17) is 5.11 Å². The quantitative estimate of drug-likeness (QED) is 0.887. The van der Waals surface area contributed by atoms with E-state index in [1.54, 1.807) is 29.4 Å². The fraction of sp³-hybridized carbons (Fsp3) is 0.556. The lowest BCUT2D eigenvalue weighted by molar-refractivity contribution is 0.0922. The SMILES string of the molecule is CC(C)c1cc(C(=O)NC2CCCCC2)nc(-n2ccnc2)n1.CO.[HH]. The second-order valence-corrected chi connectivity index (χ2v) is 6.41. The topological polar surface area (TPSA) is 92.9 Å². The van der Waals surface area contributed by atoms with Crippen molar-refractivity contribution in [3.63, 3.8) is 0 Å². The summed E-state index contributed by atoms with van der Waals surface area (Å²) in [5, 5.41) is 10.1. The number of carbonyl (C=O) groups excluding carboxylic acids is 1. The molecule has 0 atom stereocenters. The first-order valence-electron chi connectivity index (χ1n) is 8.76. The molecular weight excluding hydrogens is 318 g/mol. The second-order valence-electron chi connectivity index (χ2n) is 6.41. The number of carbonyl (C=O) groups is 1. The summed E-state index contributed by atoms with van der Waals surface area (Å²) in [5.74, 6) is 0.603. The van der Waals surface area contributed by atoms with Crippen molar-refractivity contribution >= 4 is 5.91 Å². The Morgan fingerprint density at radius 2 is 2.00 bits per heavy atom. The van der Waals surface area contributed by atoms with Crippen LogP contribution in [0, 0.1) is 0 Å². The van der Waals surface area contributed by atoms with Gasteiger partial charge in [-0.1, -0.05) is 33.1 Å². The minimum Gasteiger partial charge on any atom is -0.400 e. The summed E-state index contributed by atoms with van der Waals surface area (Å²) >= 11 is 0. The highest BCUT2D eigenvalue weighted by Crippen LogP contribution is 2.19. The van der Waals surface area contributed by atoms with Crippen LogP contribution in [-0.2, 0) is 0 Å². The number of amides is 1. The Kier molecular flexibility index (Phi) is 7.06. The van der Waals surface area contributed by atoms with Crippen LogP contribution in [0.3, 0.4) is 0 Å². The molecule has 2 aromatic heterocycles. The standard InChI is InChI=1S/C17H23N5O.CH4O.H2/c1-12(2)14-10-15(16(23)19-13-6-4-3-5-7-13)21-17(20-14)22-9-8-18-11-22;1-2;/h8-13H,3-7H2,1-2H3,(H,19,23);2H,1H3;1H. The molecule has 1 aliphatic carbocycles. The molecule has 0 spiro atoms. The molecule has 0 saturated heterocycles. The van der Waals surface area contributed by atoms with Crippen LogP contribution in [0.25, 0.3) is 5.95 Å². The lowest BCUT2D eigenvalue weighted by Gasteiger charge is -2.22. The smallest absolute Gasteiger partial charge is 0.270 e. The molecule has 25 heavy (non-hydrogen) atoms. The van der Waals surface area contributed by atoms with Crippen molar-refractivity contribution in [3.8, 4) is 5.95 Å². The molecule has 0 bridgehead atoms. The Morgan fingerprint density at radius 3 is 2.60 bits per heavy atom. The fourth-order valence-corrected chi connectivity index (χ4v) is 2.86. The van der Waals surface area contributed by atoms with Gasteiger partial charge in [0.2, 0.25) is 5.95 Å². The highest BCUT2D eigenvalue weighted by atomic mass is 16.2. The van der Waals surface area contributed by atoms with Crippen molar-refractivity contribution in [2.24, 2.45) is 0 Å². The third-order valence-corrected chi connectivity index (χ3v) is 4.23. The molecule has 0 unspecified atom stereocenters. The summed E-state index contributed by atoms with van der Waals surface area (Å²) < 4.78 is 1.73. The Morgan fingerprint density at radius 1 is 1.28 bits per heavy atom. The number of aliphatic hydroxyl groups is 1. The number of hydrogen-bond donors (Lipinski definition) is 2. The van der Waals surface area contributed by atoms with Crippen LogP contribution in [0.4, 0.5) is 0 Å². The van der Waals surface area contributed by atoms with Crippen LogP contribution in [0.5, 0.6) is 0 Å². The first-order valence-corrected chi connectivity index (χ1v) is 8.76. The van der Waals surface area contributed by atoms with Crippen molar-refractivity contribution in [2.75, 3.05) is 7.11 Å². The van der Waals surface area contributed by atoms with Crippen LogP contribution >= 0.6 is 0 Å². The number of imidazole rings is 1. The van der Waals surface area contributed by atoms with E-state index in [0.717, 1.165) is 25.6 Å². The minimum atomic E-state index is -0.109. The first kappa shape index (κ1) is 19.1. The molecule has 7 nitrogen and oxygen atoms in total. The summed E-state index contributed by atoms with van der Waals surface area (Å²) in [4.78, 5) is 25.6. The lowest BCUT2D eigenvalue weighted by Crippen LogP contribution is -2.36. The maximum absolute atomic E-state index is 12.6. The van der Waals surface area contributed by atoms with Gasteiger partial charge in [-0.15, -0.1) is 0 Å². The largest absolute Gasteiger partial charge is 0.400 e. The van der Waals surface area contributed by atoms with Gasteiger partial charge in [0, 0.05) is 32.7 Å². The molecule has 0 aliphatic heterocycles. The highest BCUT2D eigenvalue weighted by Gasteiger charge is 2.19. The van der Waals surface area contributed by atoms with Gasteiger partial charge < -0.3 is 10.4 Å². The Balaban J connectivity index is 0.00000109. The van der Waals surface area contributed by atoms with E-state index in [0.29, 0.717) is 11.6 Å². The third-order valence-electron chi connectivity index (χ3n) is 4.23. The summed E-state index contributed by atoms with van der Waals surface area (Å²) in [7, 11) is 1.00. The van der Waals surface area contributed by atoms with E-state index >= 15 is 0 Å². The third kappa shape index (κ3) is 5.09. The van der Waals surface area contributed by atoms with E-state index in [1.165, 1.54) is 19.3 Å². The van der Waals surface area contributed by atoms with Gasteiger partial charge in [-0.25, -0.2) is 15.0 Å². The maximum atomic E-state index is 12.6. The van der Waals surface area contributed by atoms with Gasteiger partial charge in [0.1, 0.15) is 12.0 Å². The number of hydrogen-bond acceptors (Lipinski definition) is 5. The highest BCUT2D eigenvalue weighted by molar-refractivity contribution is 5.92. The predicted molar refractivity (Wildman–Crippen MR) is 97.8 cm³/mol. The normalized spacial score (nSPS) is 14.8. The maximum Gasteiger partial charge on any atom is 0.270 e. The Hall–Kier alpha value is -2.28. The molecule has 2 heterocycles. The first-order chi connectivity index (χ1) is 12.1. The second kappa shape index (κ2) is 9.27. The molecule has 138 valence electrons. The number of rotatable bonds is 4. The van der Waals surface area contributed by atoms with Gasteiger partial charge in [-0.3, -0.25) is 9.36 Å². The molecular formula is C18H29N5O2. The molecule has 1 aliphatic rings. The number of nitrogens with zero attached hydrogens (tertiary/aromatic N) is 4. The molecule has 2 N–H and O–H groups in total. The Bertz CT molecular complexity index is 670. The van der Waals surface area contributed by atoms with Crippen LogP contribution in [0.1, 0.15) is 69.5 Å². The van der Waals surface area contributed by atoms with E-state index < -0.39 is 0 Å². The molecule has 0 aromatic carbocycles. The molecule has 1 amide bonds. The van der Waals surface area contributed by atoms with Crippen molar-refractivity contribution in [1.82, 2.24) is 24.8 Å². The molecule has 1 fully saturated rings. The van der Waals surface area contributed by atoms with E-state index in [2.05, 4.69) is 34.1 Å².